The summed E-state index contributed by atoms with van der Waals surface area (Å²) in [5.41, 5.74) is 0. The zero-order valence-electron chi connectivity index (χ0n) is 28.4. The van der Waals surface area contributed by atoms with Crippen LogP contribution in [0.2, 0.25) is 0 Å². The lowest BCUT2D eigenvalue weighted by atomic mass is 10.2. The van der Waals surface area contributed by atoms with Crippen molar-refractivity contribution in [1.29, 1.82) is 0 Å². The Kier molecular flexibility index (Phi) is 11.1. The first kappa shape index (κ1) is 33.9. The number of hydrogen-bond acceptors (Lipinski definition) is 3. The molecule has 1 fully saturated rings. The lowest BCUT2D eigenvalue weighted by molar-refractivity contribution is -0.155. The van der Waals surface area contributed by atoms with Gasteiger partial charge in [-0.3, -0.25) is 0 Å². The number of rotatable bonds is 13. The smallest absolute Gasteiger partial charge is 0.288 e. The summed E-state index contributed by atoms with van der Waals surface area (Å²) in [4.78, 5) is 0. The van der Waals surface area contributed by atoms with Gasteiger partial charge in [0, 0.05) is 6.61 Å². The molecular formula is C45H44O3Si2. The molecule has 250 valence electrons. The maximum absolute atomic E-state index is 7.78. The highest BCUT2D eigenvalue weighted by Gasteiger charge is 2.46. The summed E-state index contributed by atoms with van der Waals surface area (Å²) in [6.07, 6.45) is 5.28. The van der Waals surface area contributed by atoms with Crippen LogP contribution in [0.4, 0.5) is 0 Å². The molecule has 0 spiro atoms. The fourth-order valence-electron chi connectivity index (χ4n) is 7.49. The third kappa shape index (κ3) is 7.01. The fraction of sp³-hybridized carbons (Fsp3) is 0.156. The summed E-state index contributed by atoms with van der Waals surface area (Å²) in [5, 5.41) is 8.85. The van der Waals surface area contributed by atoms with Gasteiger partial charge in [0.25, 0.3) is 8.32 Å². The molecule has 0 N–H and O–H groups in total. The Balaban J connectivity index is 1.44. The normalized spacial score (nSPS) is 15.4. The lowest BCUT2D eigenvalue weighted by Gasteiger charge is -2.39. The van der Waals surface area contributed by atoms with Crippen LogP contribution in [-0.4, -0.2) is 42.5 Å². The molecule has 1 aliphatic heterocycles. The van der Waals surface area contributed by atoms with Gasteiger partial charge in [-0.25, -0.2) is 0 Å². The molecule has 6 aromatic carbocycles. The van der Waals surface area contributed by atoms with Crippen LogP contribution in [0, 0.1) is 0 Å². The molecule has 50 heavy (non-hydrogen) atoms. The molecule has 0 aromatic heterocycles. The van der Waals surface area contributed by atoms with E-state index in [1.165, 1.54) is 36.3 Å². The van der Waals surface area contributed by atoms with Gasteiger partial charge in [0.1, 0.15) is 0 Å². The number of ether oxygens (including phenoxy) is 2. The first-order chi connectivity index (χ1) is 24.8. The van der Waals surface area contributed by atoms with Gasteiger partial charge in [-0.1, -0.05) is 188 Å². The highest BCUT2D eigenvalue weighted by molar-refractivity contribution is 7.16. The van der Waals surface area contributed by atoms with Crippen molar-refractivity contribution in [1.82, 2.24) is 0 Å². The van der Waals surface area contributed by atoms with Crippen molar-refractivity contribution in [2.45, 2.75) is 25.6 Å². The fourth-order valence-corrected chi connectivity index (χ4v) is 16.4. The standard InChI is InChI=1S/C45H44O3Si2/c1-7-21-38(22-8-1)49(39-23-9-2-10-24-39,40-25-11-3-12-26-40)44(34-36-47-45-33-19-20-35-46-45)37-48-50(41-27-13-4-14-28-41,42-29-15-5-16-30-42)43-31-17-6-18-32-43/h1-18,21-32,34,45H,19-20,33,35-37H2/b44-34+. The minimum atomic E-state index is -3.02. The molecule has 0 saturated carbocycles. The van der Waals surface area contributed by atoms with Gasteiger partial charge in [0.05, 0.1) is 13.2 Å². The molecule has 0 bridgehead atoms. The molecule has 1 unspecified atom stereocenters. The van der Waals surface area contributed by atoms with E-state index in [2.05, 4.69) is 188 Å². The van der Waals surface area contributed by atoms with Crippen molar-refractivity contribution in [2.24, 2.45) is 0 Å². The van der Waals surface area contributed by atoms with E-state index < -0.39 is 16.4 Å². The van der Waals surface area contributed by atoms with Gasteiger partial charge in [0.2, 0.25) is 0 Å². The van der Waals surface area contributed by atoms with E-state index in [9.17, 15) is 0 Å². The minimum absolute atomic E-state index is 0.185. The van der Waals surface area contributed by atoms with Crippen LogP contribution in [0.25, 0.3) is 0 Å². The largest absolute Gasteiger partial charge is 0.400 e. The maximum Gasteiger partial charge on any atom is 0.288 e. The molecule has 0 amide bonds. The zero-order valence-corrected chi connectivity index (χ0v) is 30.4. The molecule has 6 aromatic rings. The Morgan fingerprint density at radius 2 is 0.900 bits per heavy atom. The third-order valence-electron chi connectivity index (χ3n) is 9.84. The highest BCUT2D eigenvalue weighted by atomic mass is 28.4. The van der Waals surface area contributed by atoms with Crippen LogP contribution in [-0.2, 0) is 13.9 Å². The Labute approximate surface area is 299 Å². The molecule has 1 saturated heterocycles. The molecule has 1 atom stereocenters. The average Bonchev–Trinajstić information content (AvgIpc) is 3.21. The van der Waals surface area contributed by atoms with Crippen molar-refractivity contribution < 1.29 is 13.9 Å². The van der Waals surface area contributed by atoms with Crippen LogP contribution in [0.5, 0.6) is 0 Å². The molecule has 3 nitrogen and oxygen atoms in total. The maximum atomic E-state index is 7.78. The molecule has 1 aliphatic rings. The quantitative estimate of drug-likeness (QED) is 0.113. The molecule has 0 aliphatic carbocycles. The van der Waals surface area contributed by atoms with E-state index in [1.54, 1.807) is 0 Å². The predicted molar refractivity (Wildman–Crippen MR) is 212 cm³/mol. The molecule has 7 rings (SSSR count). The number of benzene rings is 6. The Hall–Kier alpha value is -4.63. The summed E-state index contributed by atoms with van der Waals surface area (Å²) in [6.45, 7) is 1.63. The summed E-state index contributed by atoms with van der Waals surface area (Å²) in [5.74, 6) is 0. The van der Waals surface area contributed by atoms with Crippen LogP contribution in [0.1, 0.15) is 19.3 Å². The van der Waals surface area contributed by atoms with Gasteiger partial charge >= 0.3 is 0 Å². The Morgan fingerprint density at radius 1 is 0.520 bits per heavy atom. The number of hydrogen-bond donors (Lipinski definition) is 0. The monoisotopic (exact) mass is 688 g/mol. The van der Waals surface area contributed by atoms with Gasteiger partial charge in [0.15, 0.2) is 14.4 Å². The topological polar surface area (TPSA) is 27.7 Å². The van der Waals surface area contributed by atoms with E-state index in [0.717, 1.165) is 25.9 Å². The van der Waals surface area contributed by atoms with Crippen LogP contribution < -0.4 is 31.1 Å². The first-order valence-corrected chi connectivity index (χ1v) is 21.6. The van der Waals surface area contributed by atoms with E-state index in [4.69, 9.17) is 13.9 Å². The highest BCUT2D eigenvalue weighted by Crippen LogP contribution is 2.22. The van der Waals surface area contributed by atoms with Gasteiger partial charge < -0.3 is 13.9 Å². The van der Waals surface area contributed by atoms with Gasteiger partial charge in [-0.15, -0.1) is 0 Å². The summed E-state index contributed by atoms with van der Waals surface area (Å²) in [6, 6.07) is 65.8. The Morgan fingerprint density at radius 3 is 1.26 bits per heavy atom. The van der Waals surface area contributed by atoms with E-state index in [0.29, 0.717) is 13.2 Å². The second-order valence-corrected chi connectivity index (χ2v) is 20.0. The van der Waals surface area contributed by atoms with Crippen LogP contribution in [0.15, 0.2) is 193 Å². The molecule has 0 radical (unpaired) electrons. The van der Waals surface area contributed by atoms with Crippen LogP contribution >= 0.6 is 0 Å². The second kappa shape index (κ2) is 16.4. The third-order valence-corrected chi connectivity index (χ3v) is 18.8. The van der Waals surface area contributed by atoms with E-state index >= 15 is 0 Å². The lowest BCUT2D eigenvalue weighted by Crippen LogP contribution is -2.72. The second-order valence-electron chi connectivity index (χ2n) is 12.8. The van der Waals surface area contributed by atoms with E-state index in [-0.39, 0.29) is 6.29 Å². The molecular weight excluding hydrogens is 645 g/mol. The van der Waals surface area contributed by atoms with E-state index in [1.807, 2.05) is 0 Å². The molecule has 5 heteroatoms. The summed E-state index contributed by atoms with van der Waals surface area (Å²) < 4.78 is 20.3. The van der Waals surface area contributed by atoms with Crippen molar-refractivity contribution in [3.05, 3.63) is 193 Å². The van der Waals surface area contributed by atoms with Crippen LogP contribution in [0.3, 0.4) is 0 Å². The van der Waals surface area contributed by atoms with Crippen molar-refractivity contribution in [2.75, 3.05) is 19.8 Å². The predicted octanol–water partition coefficient (Wildman–Crippen LogP) is 5.85. The van der Waals surface area contributed by atoms with Gasteiger partial charge in [-0.05, 0) is 55.6 Å². The minimum Gasteiger partial charge on any atom is -0.400 e. The van der Waals surface area contributed by atoms with Crippen molar-refractivity contribution >= 4 is 47.5 Å². The SMILES string of the molecule is C(/COC1CCCCO1)=C(/CO[Si](c1ccccc1)(c1ccccc1)c1ccccc1)[Si](c1ccccc1)(c1ccccc1)c1ccccc1. The summed E-state index contributed by atoms with van der Waals surface area (Å²) >= 11 is 0. The first-order valence-electron chi connectivity index (χ1n) is 17.7. The van der Waals surface area contributed by atoms with Crippen molar-refractivity contribution in [3.8, 4) is 0 Å². The summed E-state index contributed by atoms with van der Waals surface area (Å²) in [7, 11) is -5.93. The Bertz CT molecular complexity index is 1720. The van der Waals surface area contributed by atoms with Crippen molar-refractivity contribution in [3.63, 3.8) is 0 Å². The molecule has 1 heterocycles. The van der Waals surface area contributed by atoms with Gasteiger partial charge in [-0.2, -0.15) is 0 Å². The zero-order chi connectivity index (χ0) is 33.9. The average molecular weight is 689 g/mol.